The van der Waals surface area contributed by atoms with Crippen molar-refractivity contribution in [2.75, 3.05) is 19.8 Å². The Morgan fingerprint density at radius 1 is 1.42 bits per heavy atom. The van der Waals surface area contributed by atoms with Crippen LogP contribution in [0.25, 0.3) is 0 Å². The van der Waals surface area contributed by atoms with E-state index in [1.54, 1.807) is 24.3 Å². The average molecular weight is 332 g/mol. The first-order valence-corrected chi connectivity index (χ1v) is 7.80. The maximum atomic E-state index is 11.8. The van der Waals surface area contributed by atoms with Gasteiger partial charge in [0.1, 0.15) is 5.75 Å². The first kappa shape index (κ1) is 17.8. The predicted octanol–water partition coefficient (Wildman–Crippen LogP) is 1.16. The Labute approximate surface area is 140 Å². The van der Waals surface area contributed by atoms with Crippen LogP contribution < -0.4 is 10.1 Å². The molecule has 0 aromatic heterocycles. The molecule has 7 nitrogen and oxygen atoms in total. The van der Waals surface area contributed by atoms with Crippen molar-refractivity contribution >= 4 is 11.9 Å². The molecule has 2 atom stereocenters. The molecule has 1 aromatic rings. The summed E-state index contributed by atoms with van der Waals surface area (Å²) in [5, 5.41) is 11.4. The summed E-state index contributed by atoms with van der Waals surface area (Å²) in [4.78, 5) is 23.5. The number of ether oxygens (including phenoxy) is 3. The molecule has 0 bridgehead atoms. The van der Waals surface area contributed by atoms with Crippen LogP contribution in [0.4, 0.5) is 0 Å². The lowest BCUT2D eigenvalue weighted by atomic mass is 10.2. The number of hydrogen-bond acceptors (Lipinski definition) is 6. The Hall–Kier alpha value is -2.59. The summed E-state index contributed by atoms with van der Waals surface area (Å²) in [5.74, 6) is -0.558. The van der Waals surface area contributed by atoms with E-state index < -0.39 is 12.1 Å². The molecule has 128 valence electrons. The fourth-order valence-electron chi connectivity index (χ4n) is 2.20. The van der Waals surface area contributed by atoms with Crippen molar-refractivity contribution in [2.24, 2.45) is 0 Å². The highest BCUT2D eigenvalue weighted by atomic mass is 16.6. The third kappa shape index (κ3) is 5.56. The van der Waals surface area contributed by atoms with E-state index in [-0.39, 0.29) is 18.6 Å². The average Bonchev–Trinajstić information content (AvgIpc) is 3.12. The molecule has 2 rings (SSSR count). The summed E-state index contributed by atoms with van der Waals surface area (Å²) in [5.41, 5.74) is 0.500. The van der Waals surface area contributed by atoms with E-state index in [1.807, 2.05) is 6.07 Å². The van der Waals surface area contributed by atoms with Gasteiger partial charge < -0.3 is 19.5 Å². The summed E-state index contributed by atoms with van der Waals surface area (Å²) in [6.45, 7) is 2.32. The van der Waals surface area contributed by atoms with Crippen molar-refractivity contribution in [2.45, 2.75) is 32.0 Å². The standard InChI is InChI=1S/C17H20N2O5/c1-12(24-14-6-4-13(9-18)5-7-14)17(21)23-11-16(20)19-10-15-3-2-8-22-15/h4-7,12,15H,2-3,8,10-11H2,1H3,(H,19,20)/t12-,15-/m1/s1. The number of nitrogens with one attached hydrogen (secondary N) is 1. The van der Waals surface area contributed by atoms with Gasteiger partial charge in [0.2, 0.25) is 0 Å². The molecule has 0 radical (unpaired) electrons. The SMILES string of the molecule is C[C@@H](Oc1ccc(C#N)cc1)C(=O)OCC(=O)NC[C@H]1CCCO1. The van der Waals surface area contributed by atoms with Crippen LogP contribution in [0.2, 0.25) is 0 Å². The lowest BCUT2D eigenvalue weighted by Gasteiger charge is -2.14. The molecule has 1 N–H and O–H groups in total. The zero-order chi connectivity index (χ0) is 17.4. The maximum Gasteiger partial charge on any atom is 0.347 e. The zero-order valence-corrected chi connectivity index (χ0v) is 13.5. The van der Waals surface area contributed by atoms with Gasteiger partial charge >= 0.3 is 5.97 Å². The zero-order valence-electron chi connectivity index (χ0n) is 13.5. The lowest BCUT2D eigenvalue weighted by Crippen LogP contribution is -2.36. The van der Waals surface area contributed by atoms with Gasteiger partial charge in [-0.3, -0.25) is 4.79 Å². The van der Waals surface area contributed by atoms with Gasteiger partial charge in [-0.15, -0.1) is 0 Å². The van der Waals surface area contributed by atoms with Gasteiger partial charge in [0.25, 0.3) is 5.91 Å². The molecule has 1 amide bonds. The minimum Gasteiger partial charge on any atom is -0.479 e. The van der Waals surface area contributed by atoms with Crippen molar-refractivity contribution in [3.8, 4) is 11.8 Å². The molecule has 0 aliphatic carbocycles. The molecule has 7 heteroatoms. The maximum absolute atomic E-state index is 11.8. The number of nitrogens with zero attached hydrogens (tertiary/aromatic N) is 1. The second kappa shape index (κ2) is 8.89. The topological polar surface area (TPSA) is 97.6 Å². The molecule has 1 aromatic carbocycles. The summed E-state index contributed by atoms with van der Waals surface area (Å²) < 4.78 is 15.7. The molecule has 0 spiro atoms. The van der Waals surface area contributed by atoms with Gasteiger partial charge in [-0.25, -0.2) is 4.79 Å². The van der Waals surface area contributed by atoms with E-state index in [9.17, 15) is 9.59 Å². The minimum atomic E-state index is -0.857. The first-order valence-electron chi connectivity index (χ1n) is 7.80. The lowest BCUT2D eigenvalue weighted by molar-refractivity contribution is -0.154. The normalized spacial score (nSPS) is 17.6. The summed E-state index contributed by atoms with van der Waals surface area (Å²) in [7, 11) is 0. The van der Waals surface area contributed by atoms with Crippen LogP contribution in [0.15, 0.2) is 24.3 Å². The smallest absolute Gasteiger partial charge is 0.347 e. The monoisotopic (exact) mass is 332 g/mol. The van der Waals surface area contributed by atoms with Crippen LogP contribution in [-0.4, -0.2) is 43.8 Å². The molecule has 0 saturated carbocycles. The Morgan fingerprint density at radius 2 is 2.17 bits per heavy atom. The van der Waals surface area contributed by atoms with Gasteiger partial charge in [0.05, 0.1) is 17.7 Å². The van der Waals surface area contributed by atoms with Crippen molar-refractivity contribution in [3.05, 3.63) is 29.8 Å². The van der Waals surface area contributed by atoms with E-state index in [0.717, 1.165) is 19.4 Å². The molecule has 24 heavy (non-hydrogen) atoms. The highest BCUT2D eigenvalue weighted by Gasteiger charge is 2.19. The second-order valence-corrected chi connectivity index (χ2v) is 5.44. The Bertz CT molecular complexity index is 602. The van der Waals surface area contributed by atoms with Crippen molar-refractivity contribution in [1.82, 2.24) is 5.32 Å². The van der Waals surface area contributed by atoms with Crippen LogP contribution in [-0.2, 0) is 19.1 Å². The van der Waals surface area contributed by atoms with Crippen molar-refractivity contribution < 1.29 is 23.8 Å². The minimum absolute atomic E-state index is 0.0447. The summed E-state index contributed by atoms with van der Waals surface area (Å²) in [6.07, 6.45) is 1.11. The van der Waals surface area contributed by atoms with E-state index in [2.05, 4.69) is 5.32 Å². The van der Waals surface area contributed by atoms with Gasteiger partial charge in [0.15, 0.2) is 12.7 Å². The second-order valence-electron chi connectivity index (χ2n) is 5.44. The van der Waals surface area contributed by atoms with Gasteiger partial charge in [-0.2, -0.15) is 5.26 Å². The largest absolute Gasteiger partial charge is 0.479 e. The third-order valence-corrected chi connectivity index (χ3v) is 3.52. The number of carbonyl (C=O) groups is 2. The number of carbonyl (C=O) groups excluding carboxylic acids is 2. The molecule has 1 aliphatic rings. The molecule has 1 fully saturated rings. The number of benzene rings is 1. The Balaban J connectivity index is 1.68. The Morgan fingerprint density at radius 3 is 2.79 bits per heavy atom. The number of rotatable bonds is 7. The highest BCUT2D eigenvalue weighted by Crippen LogP contribution is 2.14. The fraction of sp³-hybridized carbons (Fsp3) is 0.471. The first-order chi connectivity index (χ1) is 11.6. The van der Waals surface area contributed by atoms with Crippen LogP contribution in [0.5, 0.6) is 5.75 Å². The third-order valence-electron chi connectivity index (χ3n) is 3.52. The van der Waals surface area contributed by atoms with Crippen LogP contribution in [0.1, 0.15) is 25.3 Å². The molecule has 1 heterocycles. The number of amides is 1. The van der Waals surface area contributed by atoms with Gasteiger partial charge in [0, 0.05) is 13.2 Å². The van der Waals surface area contributed by atoms with Crippen LogP contribution in [0.3, 0.4) is 0 Å². The quantitative estimate of drug-likeness (QED) is 0.753. The number of esters is 1. The Kier molecular flexibility index (Phi) is 6.58. The molecular formula is C17H20N2O5. The van der Waals surface area contributed by atoms with Crippen LogP contribution >= 0.6 is 0 Å². The van der Waals surface area contributed by atoms with Crippen LogP contribution in [0, 0.1) is 11.3 Å². The predicted molar refractivity (Wildman–Crippen MR) is 84.2 cm³/mol. The number of nitriles is 1. The molecular weight excluding hydrogens is 312 g/mol. The van der Waals surface area contributed by atoms with E-state index in [0.29, 0.717) is 17.9 Å². The number of hydrogen-bond donors (Lipinski definition) is 1. The van der Waals surface area contributed by atoms with Gasteiger partial charge in [-0.05, 0) is 44.0 Å². The van der Waals surface area contributed by atoms with Gasteiger partial charge in [-0.1, -0.05) is 0 Å². The highest BCUT2D eigenvalue weighted by molar-refractivity contribution is 5.82. The molecule has 0 unspecified atom stereocenters. The van der Waals surface area contributed by atoms with E-state index in [1.165, 1.54) is 6.92 Å². The van der Waals surface area contributed by atoms with E-state index >= 15 is 0 Å². The van der Waals surface area contributed by atoms with E-state index in [4.69, 9.17) is 19.5 Å². The van der Waals surface area contributed by atoms with Crippen molar-refractivity contribution in [3.63, 3.8) is 0 Å². The fourth-order valence-corrected chi connectivity index (χ4v) is 2.20. The molecule has 1 saturated heterocycles. The summed E-state index contributed by atoms with van der Waals surface area (Å²) >= 11 is 0. The summed E-state index contributed by atoms with van der Waals surface area (Å²) in [6, 6.07) is 8.36. The molecule has 1 aliphatic heterocycles. The van der Waals surface area contributed by atoms with Crippen molar-refractivity contribution in [1.29, 1.82) is 5.26 Å².